The fraction of sp³-hybridized carbons (Fsp3) is 0.250. The first-order valence-electron chi connectivity index (χ1n) is 8.37. The lowest BCUT2D eigenvalue weighted by Gasteiger charge is -2.15. The minimum absolute atomic E-state index is 0.278. The van der Waals surface area contributed by atoms with Crippen LogP contribution in [0, 0.1) is 0 Å². The van der Waals surface area contributed by atoms with E-state index in [0.717, 1.165) is 0 Å². The minimum Gasteiger partial charge on any atom is -0.497 e. The van der Waals surface area contributed by atoms with Crippen LogP contribution in [0.25, 0.3) is 0 Å². The van der Waals surface area contributed by atoms with Crippen molar-refractivity contribution in [3.63, 3.8) is 0 Å². The summed E-state index contributed by atoms with van der Waals surface area (Å²) >= 11 is 0. The molecule has 0 aliphatic rings. The molecule has 8 nitrogen and oxygen atoms in total. The molecule has 0 radical (unpaired) electrons. The summed E-state index contributed by atoms with van der Waals surface area (Å²) in [4.78, 5) is 34.9. The summed E-state index contributed by atoms with van der Waals surface area (Å²) < 4.78 is 20.6. The number of nitrogens with one attached hydrogen (secondary N) is 1. The van der Waals surface area contributed by atoms with Crippen molar-refractivity contribution in [2.75, 3.05) is 26.1 Å². The molecule has 8 heteroatoms. The summed E-state index contributed by atoms with van der Waals surface area (Å²) in [5.41, 5.74) is 0.959. The maximum Gasteiger partial charge on any atom is 0.344 e. The summed E-state index contributed by atoms with van der Waals surface area (Å²) in [5, 5.41) is 2.64. The maximum absolute atomic E-state index is 12.1. The van der Waals surface area contributed by atoms with Gasteiger partial charge in [-0.1, -0.05) is 0 Å². The van der Waals surface area contributed by atoms with Gasteiger partial charge >= 0.3 is 5.97 Å². The van der Waals surface area contributed by atoms with Crippen LogP contribution >= 0.6 is 0 Å². The standard InChI is InChI=1S/C20H21NO7/c1-13(20(24)21-15-5-7-16(25-2)8-6-15)28-19(23)12-27-17-9-4-14(11-22)10-18(17)26-3/h4-11,13H,12H2,1-3H3,(H,21,24)/t13-/m1/s1. The Morgan fingerprint density at radius 3 is 2.36 bits per heavy atom. The number of hydrogen-bond acceptors (Lipinski definition) is 7. The van der Waals surface area contributed by atoms with Gasteiger partial charge in [0, 0.05) is 11.3 Å². The van der Waals surface area contributed by atoms with Crippen LogP contribution in [0.4, 0.5) is 5.69 Å². The van der Waals surface area contributed by atoms with E-state index in [-0.39, 0.29) is 5.75 Å². The van der Waals surface area contributed by atoms with Crippen molar-refractivity contribution in [1.82, 2.24) is 0 Å². The van der Waals surface area contributed by atoms with Crippen LogP contribution in [0.15, 0.2) is 42.5 Å². The van der Waals surface area contributed by atoms with Crippen LogP contribution in [0.3, 0.4) is 0 Å². The van der Waals surface area contributed by atoms with Crippen LogP contribution in [-0.2, 0) is 14.3 Å². The largest absolute Gasteiger partial charge is 0.497 e. The lowest BCUT2D eigenvalue weighted by molar-refractivity contribution is -0.155. The Balaban J connectivity index is 1.86. The van der Waals surface area contributed by atoms with Gasteiger partial charge in [-0.15, -0.1) is 0 Å². The van der Waals surface area contributed by atoms with Crippen LogP contribution in [0.5, 0.6) is 17.2 Å². The fourth-order valence-electron chi connectivity index (χ4n) is 2.22. The summed E-state index contributed by atoms with van der Waals surface area (Å²) in [7, 11) is 2.96. The Kier molecular flexibility index (Phi) is 7.38. The van der Waals surface area contributed by atoms with Gasteiger partial charge in [0.2, 0.25) is 0 Å². The Bertz CT molecular complexity index is 833. The van der Waals surface area contributed by atoms with Crippen molar-refractivity contribution < 1.29 is 33.3 Å². The number of hydrogen-bond donors (Lipinski definition) is 1. The van der Waals surface area contributed by atoms with Gasteiger partial charge in [-0.2, -0.15) is 0 Å². The quantitative estimate of drug-likeness (QED) is 0.521. The van der Waals surface area contributed by atoms with E-state index in [1.54, 1.807) is 31.4 Å². The highest BCUT2D eigenvalue weighted by Crippen LogP contribution is 2.27. The predicted molar refractivity (Wildman–Crippen MR) is 101 cm³/mol. The third-order valence-corrected chi connectivity index (χ3v) is 3.70. The molecule has 0 aliphatic heterocycles. The molecule has 0 aliphatic carbocycles. The Labute approximate surface area is 162 Å². The number of ether oxygens (including phenoxy) is 4. The zero-order chi connectivity index (χ0) is 20.5. The van der Waals surface area contributed by atoms with Crippen LogP contribution in [-0.4, -0.2) is 45.1 Å². The van der Waals surface area contributed by atoms with Crippen LogP contribution in [0.2, 0.25) is 0 Å². The fourth-order valence-corrected chi connectivity index (χ4v) is 2.22. The number of anilines is 1. The summed E-state index contributed by atoms with van der Waals surface area (Å²) in [6, 6.07) is 11.3. The van der Waals surface area contributed by atoms with Gasteiger partial charge in [0.05, 0.1) is 14.2 Å². The second kappa shape index (κ2) is 9.96. The van der Waals surface area contributed by atoms with E-state index in [2.05, 4.69) is 5.32 Å². The number of methoxy groups -OCH3 is 2. The van der Waals surface area contributed by atoms with Gasteiger partial charge in [-0.05, 0) is 49.4 Å². The Hall–Kier alpha value is -3.55. The Morgan fingerprint density at radius 1 is 1.04 bits per heavy atom. The smallest absolute Gasteiger partial charge is 0.344 e. The maximum atomic E-state index is 12.1. The van der Waals surface area contributed by atoms with Crippen molar-refractivity contribution in [2.45, 2.75) is 13.0 Å². The molecule has 0 fully saturated rings. The van der Waals surface area contributed by atoms with Gasteiger partial charge in [-0.3, -0.25) is 9.59 Å². The van der Waals surface area contributed by atoms with E-state index in [1.165, 1.54) is 32.2 Å². The van der Waals surface area contributed by atoms with E-state index < -0.39 is 24.6 Å². The highest BCUT2D eigenvalue weighted by Gasteiger charge is 2.19. The van der Waals surface area contributed by atoms with Crippen molar-refractivity contribution >= 4 is 23.9 Å². The molecular weight excluding hydrogens is 366 g/mol. The molecule has 2 aromatic rings. The molecule has 2 rings (SSSR count). The molecule has 1 amide bonds. The van der Waals surface area contributed by atoms with Crippen molar-refractivity contribution in [3.8, 4) is 17.2 Å². The molecule has 0 unspecified atom stereocenters. The number of aldehydes is 1. The first-order valence-corrected chi connectivity index (χ1v) is 8.37. The van der Waals surface area contributed by atoms with Gasteiger partial charge in [0.25, 0.3) is 5.91 Å². The SMILES string of the molecule is COc1ccc(NC(=O)[C@@H](C)OC(=O)COc2ccc(C=O)cc2OC)cc1. The zero-order valence-corrected chi connectivity index (χ0v) is 15.8. The minimum atomic E-state index is -1.02. The lowest BCUT2D eigenvalue weighted by atomic mass is 10.2. The predicted octanol–water partition coefficient (Wildman–Crippen LogP) is 2.47. The second-order valence-electron chi connectivity index (χ2n) is 5.67. The normalized spacial score (nSPS) is 11.1. The molecule has 148 valence electrons. The number of carbonyl (C=O) groups excluding carboxylic acids is 3. The molecular formula is C20H21NO7. The van der Waals surface area contributed by atoms with Gasteiger partial charge in [-0.25, -0.2) is 4.79 Å². The monoisotopic (exact) mass is 387 g/mol. The molecule has 0 spiro atoms. The number of benzene rings is 2. The summed E-state index contributed by atoms with van der Waals surface area (Å²) in [6.45, 7) is 1.03. The van der Waals surface area contributed by atoms with Gasteiger partial charge < -0.3 is 24.3 Å². The van der Waals surface area contributed by atoms with Crippen molar-refractivity contribution in [1.29, 1.82) is 0 Å². The number of carbonyl (C=O) groups is 3. The average Bonchev–Trinajstić information content (AvgIpc) is 2.72. The molecule has 0 heterocycles. The van der Waals surface area contributed by atoms with E-state index in [4.69, 9.17) is 18.9 Å². The van der Waals surface area contributed by atoms with Crippen molar-refractivity contribution in [2.24, 2.45) is 0 Å². The van der Waals surface area contributed by atoms with E-state index in [1.807, 2.05) is 0 Å². The number of amides is 1. The molecule has 0 bridgehead atoms. The van der Waals surface area contributed by atoms with Gasteiger partial charge in [0.15, 0.2) is 24.2 Å². The first-order chi connectivity index (χ1) is 13.5. The van der Waals surface area contributed by atoms with E-state index in [0.29, 0.717) is 29.0 Å². The molecule has 0 saturated heterocycles. The molecule has 0 saturated carbocycles. The zero-order valence-electron chi connectivity index (χ0n) is 15.8. The molecule has 1 N–H and O–H groups in total. The molecule has 28 heavy (non-hydrogen) atoms. The second-order valence-corrected chi connectivity index (χ2v) is 5.67. The summed E-state index contributed by atoms with van der Waals surface area (Å²) in [5.74, 6) is 0.0413. The summed E-state index contributed by atoms with van der Waals surface area (Å²) in [6.07, 6.45) is -0.346. The van der Waals surface area contributed by atoms with Crippen molar-refractivity contribution in [3.05, 3.63) is 48.0 Å². The van der Waals surface area contributed by atoms with E-state index >= 15 is 0 Å². The highest BCUT2D eigenvalue weighted by atomic mass is 16.6. The Morgan fingerprint density at radius 2 is 1.75 bits per heavy atom. The lowest BCUT2D eigenvalue weighted by Crippen LogP contribution is -2.31. The molecule has 2 aromatic carbocycles. The number of rotatable bonds is 9. The van der Waals surface area contributed by atoms with Crippen LogP contribution < -0.4 is 19.5 Å². The highest BCUT2D eigenvalue weighted by molar-refractivity contribution is 5.95. The average molecular weight is 387 g/mol. The molecule has 1 atom stereocenters. The molecule has 0 aromatic heterocycles. The van der Waals surface area contributed by atoms with E-state index in [9.17, 15) is 14.4 Å². The number of esters is 1. The third kappa shape index (κ3) is 5.73. The van der Waals surface area contributed by atoms with Gasteiger partial charge in [0.1, 0.15) is 12.0 Å². The van der Waals surface area contributed by atoms with Crippen LogP contribution in [0.1, 0.15) is 17.3 Å². The topological polar surface area (TPSA) is 100 Å². The third-order valence-electron chi connectivity index (χ3n) is 3.70. The first kappa shape index (κ1) is 20.8.